The number of hydrogen-bond acceptors (Lipinski definition) is 3. The summed E-state index contributed by atoms with van der Waals surface area (Å²) in [5, 5.41) is 10.8. The number of nitrogens with zero attached hydrogens (tertiary/aromatic N) is 1. The van der Waals surface area contributed by atoms with Crippen LogP contribution in [-0.4, -0.2) is 11.2 Å². The van der Waals surface area contributed by atoms with E-state index in [0.717, 1.165) is 23.3 Å². The average molecular weight is 211 g/mol. The molecule has 0 fully saturated rings. The molecule has 1 rings (SSSR count). The lowest BCUT2D eigenvalue weighted by atomic mass is 10.1. The van der Waals surface area contributed by atoms with Crippen LogP contribution >= 0.6 is 11.8 Å². The van der Waals surface area contributed by atoms with Gasteiger partial charge < -0.3 is 0 Å². The average Bonchev–Trinajstić information content (AvgIpc) is 2.18. The molecule has 14 heavy (non-hydrogen) atoms. The molecule has 0 aliphatic carbocycles. The highest BCUT2D eigenvalue weighted by Crippen LogP contribution is 2.26. The van der Waals surface area contributed by atoms with Crippen molar-refractivity contribution < 1.29 is 4.92 Å². The van der Waals surface area contributed by atoms with E-state index in [0.29, 0.717) is 0 Å². The van der Waals surface area contributed by atoms with E-state index in [2.05, 4.69) is 0 Å². The predicted octanol–water partition coefficient (Wildman–Crippen LogP) is 3.27. The molecule has 0 aromatic heterocycles. The van der Waals surface area contributed by atoms with Gasteiger partial charge in [-0.15, -0.1) is 11.8 Å². The van der Waals surface area contributed by atoms with Crippen LogP contribution in [0.4, 0.5) is 5.69 Å². The van der Waals surface area contributed by atoms with Crippen molar-refractivity contribution in [3.8, 4) is 0 Å². The van der Waals surface area contributed by atoms with Crippen LogP contribution in [0.2, 0.25) is 0 Å². The summed E-state index contributed by atoms with van der Waals surface area (Å²) in [5.74, 6) is 0. The van der Waals surface area contributed by atoms with Crippen molar-refractivity contribution in [2.75, 3.05) is 6.26 Å². The predicted molar refractivity (Wildman–Crippen MR) is 58.9 cm³/mol. The number of nitro groups is 1. The number of hydrogen-bond donors (Lipinski definition) is 0. The Hall–Kier alpha value is -1.03. The van der Waals surface area contributed by atoms with Gasteiger partial charge in [0.15, 0.2) is 0 Å². The van der Waals surface area contributed by atoms with Crippen LogP contribution in [0.1, 0.15) is 18.9 Å². The maximum Gasteiger partial charge on any atom is 0.273 e. The van der Waals surface area contributed by atoms with E-state index in [4.69, 9.17) is 0 Å². The van der Waals surface area contributed by atoms with Crippen molar-refractivity contribution in [2.45, 2.75) is 24.7 Å². The van der Waals surface area contributed by atoms with E-state index in [9.17, 15) is 10.1 Å². The van der Waals surface area contributed by atoms with Crippen LogP contribution in [-0.2, 0) is 6.42 Å². The Morgan fingerprint density at radius 3 is 2.71 bits per heavy atom. The second-order valence-electron chi connectivity index (χ2n) is 3.00. The van der Waals surface area contributed by atoms with Crippen molar-refractivity contribution in [3.63, 3.8) is 0 Å². The minimum Gasteiger partial charge on any atom is -0.258 e. The van der Waals surface area contributed by atoms with Gasteiger partial charge in [0, 0.05) is 16.5 Å². The highest BCUT2D eigenvalue weighted by molar-refractivity contribution is 7.98. The fraction of sp³-hybridized carbons (Fsp3) is 0.400. The van der Waals surface area contributed by atoms with E-state index in [1.807, 2.05) is 25.3 Å². The highest BCUT2D eigenvalue weighted by Gasteiger charge is 2.13. The Kier molecular flexibility index (Phi) is 3.95. The molecule has 4 heteroatoms. The monoisotopic (exact) mass is 211 g/mol. The van der Waals surface area contributed by atoms with Crippen LogP contribution in [0.15, 0.2) is 23.1 Å². The number of rotatable bonds is 4. The Morgan fingerprint density at radius 1 is 1.50 bits per heavy atom. The number of nitro benzene ring substituents is 1. The summed E-state index contributed by atoms with van der Waals surface area (Å²) in [4.78, 5) is 11.4. The van der Waals surface area contributed by atoms with Gasteiger partial charge in [0.2, 0.25) is 0 Å². The third-order valence-corrected chi connectivity index (χ3v) is 2.73. The molecule has 76 valence electrons. The molecule has 1 aromatic carbocycles. The molecule has 0 saturated carbocycles. The van der Waals surface area contributed by atoms with Gasteiger partial charge in [-0.1, -0.05) is 19.4 Å². The maximum absolute atomic E-state index is 10.8. The summed E-state index contributed by atoms with van der Waals surface area (Å²) in [6.07, 6.45) is 3.61. The summed E-state index contributed by atoms with van der Waals surface area (Å²) in [6.45, 7) is 2.02. The standard InChI is InChI=1S/C10H13NO2S/c1-3-4-8-5-6-9(14-2)7-10(8)11(12)13/h5-7H,3-4H2,1-2H3. The molecule has 0 bridgehead atoms. The second-order valence-corrected chi connectivity index (χ2v) is 3.88. The lowest BCUT2D eigenvalue weighted by Gasteiger charge is -2.02. The minimum absolute atomic E-state index is 0.249. The van der Waals surface area contributed by atoms with Gasteiger partial charge in [-0.3, -0.25) is 10.1 Å². The van der Waals surface area contributed by atoms with E-state index >= 15 is 0 Å². The fourth-order valence-corrected chi connectivity index (χ4v) is 1.75. The summed E-state index contributed by atoms with van der Waals surface area (Å²) in [7, 11) is 0. The van der Waals surface area contributed by atoms with Gasteiger partial charge in [-0.05, 0) is 18.7 Å². The van der Waals surface area contributed by atoms with Gasteiger partial charge >= 0.3 is 0 Å². The first-order valence-electron chi connectivity index (χ1n) is 4.50. The van der Waals surface area contributed by atoms with E-state index < -0.39 is 0 Å². The molecule has 0 N–H and O–H groups in total. The lowest BCUT2D eigenvalue weighted by Crippen LogP contribution is -1.95. The summed E-state index contributed by atoms with van der Waals surface area (Å²) < 4.78 is 0. The molecular weight excluding hydrogens is 198 g/mol. The van der Waals surface area contributed by atoms with Crippen LogP contribution in [0.5, 0.6) is 0 Å². The lowest BCUT2D eigenvalue weighted by molar-refractivity contribution is -0.385. The molecule has 0 heterocycles. The molecule has 1 aromatic rings. The first-order chi connectivity index (χ1) is 6.69. The fourth-order valence-electron chi connectivity index (χ4n) is 1.32. The number of thioether (sulfide) groups is 1. The van der Waals surface area contributed by atoms with Gasteiger partial charge in [-0.25, -0.2) is 0 Å². The molecule has 0 aliphatic rings. The Morgan fingerprint density at radius 2 is 2.21 bits per heavy atom. The summed E-state index contributed by atoms with van der Waals surface area (Å²) >= 11 is 1.52. The smallest absolute Gasteiger partial charge is 0.258 e. The van der Waals surface area contributed by atoms with Crippen molar-refractivity contribution in [1.82, 2.24) is 0 Å². The third-order valence-electron chi connectivity index (χ3n) is 2.01. The number of aryl methyl sites for hydroxylation is 1. The first-order valence-corrected chi connectivity index (χ1v) is 5.72. The highest BCUT2D eigenvalue weighted by atomic mass is 32.2. The Labute approximate surface area is 87.7 Å². The third kappa shape index (κ3) is 2.48. The Bertz CT molecular complexity index is 339. The van der Waals surface area contributed by atoms with E-state index in [-0.39, 0.29) is 10.6 Å². The molecule has 0 unspecified atom stereocenters. The normalized spacial score (nSPS) is 10.1. The van der Waals surface area contributed by atoms with Crippen molar-refractivity contribution in [1.29, 1.82) is 0 Å². The maximum atomic E-state index is 10.8. The van der Waals surface area contributed by atoms with Gasteiger partial charge in [0.05, 0.1) is 4.92 Å². The van der Waals surface area contributed by atoms with E-state index in [1.54, 1.807) is 6.07 Å². The molecular formula is C10H13NO2S. The van der Waals surface area contributed by atoms with Crippen molar-refractivity contribution in [2.24, 2.45) is 0 Å². The number of benzene rings is 1. The zero-order valence-electron chi connectivity index (χ0n) is 8.32. The Balaban J connectivity index is 3.10. The first kappa shape index (κ1) is 11.0. The molecule has 0 atom stereocenters. The molecule has 0 spiro atoms. The zero-order chi connectivity index (χ0) is 10.6. The largest absolute Gasteiger partial charge is 0.273 e. The topological polar surface area (TPSA) is 43.1 Å². The summed E-state index contributed by atoms with van der Waals surface area (Å²) in [5.41, 5.74) is 1.08. The SMILES string of the molecule is CCCc1ccc(SC)cc1[N+](=O)[O-]. The van der Waals surface area contributed by atoms with Gasteiger partial charge in [-0.2, -0.15) is 0 Å². The van der Waals surface area contributed by atoms with Gasteiger partial charge in [0.25, 0.3) is 5.69 Å². The molecule has 0 radical (unpaired) electrons. The second kappa shape index (κ2) is 5.00. The van der Waals surface area contributed by atoms with Crippen LogP contribution < -0.4 is 0 Å². The van der Waals surface area contributed by atoms with Crippen LogP contribution in [0.25, 0.3) is 0 Å². The molecule has 0 amide bonds. The zero-order valence-corrected chi connectivity index (χ0v) is 9.13. The quantitative estimate of drug-likeness (QED) is 0.436. The van der Waals surface area contributed by atoms with Crippen LogP contribution in [0.3, 0.4) is 0 Å². The minimum atomic E-state index is -0.301. The van der Waals surface area contributed by atoms with E-state index in [1.165, 1.54) is 11.8 Å². The van der Waals surface area contributed by atoms with Gasteiger partial charge in [0.1, 0.15) is 0 Å². The van der Waals surface area contributed by atoms with Crippen molar-refractivity contribution in [3.05, 3.63) is 33.9 Å². The molecule has 0 saturated heterocycles. The molecule has 0 aliphatic heterocycles. The molecule has 3 nitrogen and oxygen atoms in total. The summed E-state index contributed by atoms with van der Waals surface area (Å²) in [6, 6.07) is 5.44. The van der Waals surface area contributed by atoms with Crippen LogP contribution in [0, 0.1) is 10.1 Å². The van der Waals surface area contributed by atoms with Crippen molar-refractivity contribution >= 4 is 17.4 Å².